The number of carbonyl (C=O) groups excluding carboxylic acids is 2. The summed E-state index contributed by atoms with van der Waals surface area (Å²) in [5, 5.41) is 27.5. The summed E-state index contributed by atoms with van der Waals surface area (Å²) in [7, 11) is 1.13. The number of nitrogens with one attached hydrogen (secondary N) is 1. The third kappa shape index (κ3) is 5.16. The number of carbonyl (C=O) groups is 2. The van der Waals surface area contributed by atoms with Gasteiger partial charge in [-0.2, -0.15) is 10.4 Å². The van der Waals surface area contributed by atoms with Gasteiger partial charge >= 0.3 is 5.97 Å². The Kier molecular flexibility index (Phi) is 7.17. The predicted molar refractivity (Wildman–Crippen MR) is 118 cm³/mol. The molecule has 0 radical (unpaired) electrons. The van der Waals surface area contributed by atoms with Crippen molar-refractivity contribution in [1.82, 2.24) is 15.1 Å². The molecule has 12 heteroatoms. The van der Waals surface area contributed by atoms with E-state index in [1.807, 2.05) is 6.07 Å². The van der Waals surface area contributed by atoms with Crippen LogP contribution in [0, 0.1) is 27.3 Å². The van der Waals surface area contributed by atoms with E-state index in [1.54, 1.807) is 0 Å². The quantitative estimate of drug-likeness (QED) is 0.221. The van der Waals surface area contributed by atoms with Crippen molar-refractivity contribution in [1.29, 1.82) is 5.26 Å². The second-order valence-corrected chi connectivity index (χ2v) is 7.08. The number of anilines is 1. The van der Waals surface area contributed by atoms with E-state index >= 15 is 0 Å². The number of nitrogens with two attached hydrogens (primary N) is 1. The highest BCUT2D eigenvalue weighted by Gasteiger charge is 2.19. The smallest absolute Gasteiger partial charge is 0.338 e. The van der Waals surface area contributed by atoms with Gasteiger partial charge in [0.15, 0.2) is 0 Å². The highest BCUT2D eigenvalue weighted by atomic mass is 19.1. The Morgan fingerprint density at radius 2 is 1.94 bits per heavy atom. The van der Waals surface area contributed by atoms with Crippen LogP contribution in [0.4, 0.5) is 15.9 Å². The second kappa shape index (κ2) is 10.2. The first-order chi connectivity index (χ1) is 16.2. The monoisotopic (exact) mass is 466 g/mol. The lowest BCUT2D eigenvalue weighted by molar-refractivity contribution is -0.384. The van der Waals surface area contributed by atoms with Crippen LogP contribution >= 0.6 is 0 Å². The number of non-ortho nitro benzene ring substituents is 1. The van der Waals surface area contributed by atoms with Gasteiger partial charge in [0.1, 0.15) is 23.3 Å². The number of methoxy groups -OCH3 is 1. The standard InChI is InChI=1S/C22H19FN6O5/c1-34-22(31)14-9-13(10-17(11-14)29(32)33)21(30)26-8-2-3-19-18(12-24)20(25)28(27-19)16-6-4-15(23)5-7-16/h4-7,9-11H,2-3,8,25H2,1H3,(H,26,30). The number of nitriles is 1. The topological polar surface area (TPSA) is 166 Å². The normalized spacial score (nSPS) is 10.4. The number of nitrogen functional groups attached to an aromatic ring is 1. The SMILES string of the molecule is COC(=O)c1cc(C(=O)NCCCc2nn(-c3ccc(F)cc3)c(N)c2C#N)cc([N+](=O)[O-])c1. The molecule has 0 fully saturated rings. The van der Waals surface area contributed by atoms with Crippen LogP contribution in [0.1, 0.15) is 38.4 Å². The van der Waals surface area contributed by atoms with Gasteiger partial charge in [0.2, 0.25) is 0 Å². The minimum Gasteiger partial charge on any atom is -0.465 e. The number of benzene rings is 2. The van der Waals surface area contributed by atoms with Crippen LogP contribution in [-0.2, 0) is 11.2 Å². The fourth-order valence-corrected chi connectivity index (χ4v) is 3.20. The summed E-state index contributed by atoms with van der Waals surface area (Å²) < 4.78 is 19.1. The average Bonchev–Trinajstić information content (AvgIpc) is 3.16. The number of amides is 1. The van der Waals surface area contributed by atoms with E-state index in [-0.39, 0.29) is 29.1 Å². The molecule has 174 valence electrons. The number of hydrogen-bond donors (Lipinski definition) is 2. The first-order valence-electron chi connectivity index (χ1n) is 9.94. The summed E-state index contributed by atoms with van der Waals surface area (Å²) >= 11 is 0. The maximum absolute atomic E-state index is 13.2. The molecule has 0 aliphatic carbocycles. The van der Waals surface area contributed by atoms with E-state index in [1.165, 1.54) is 35.0 Å². The zero-order chi connectivity index (χ0) is 24.8. The lowest BCUT2D eigenvalue weighted by Gasteiger charge is -2.07. The minimum atomic E-state index is -0.809. The molecule has 0 aliphatic heterocycles. The first-order valence-corrected chi connectivity index (χ1v) is 9.94. The number of nitrogens with zero attached hydrogens (tertiary/aromatic N) is 4. The van der Waals surface area contributed by atoms with Crippen molar-refractivity contribution < 1.29 is 23.6 Å². The number of halogens is 1. The summed E-state index contributed by atoms with van der Waals surface area (Å²) in [6, 6.07) is 10.7. The van der Waals surface area contributed by atoms with Crippen LogP contribution < -0.4 is 11.1 Å². The lowest BCUT2D eigenvalue weighted by Crippen LogP contribution is -2.25. The van der Waals surface area contributed by atoms with E-state index in [0.29, 0.717) is 24.2 Å². The third-order valence-corrected chi connectivity index (χ3v) is 4.86. The van der Waals surface area contributed by atoms with E-state index in [9.17, 15) is 29.4 Å². The first kappa shape index (κ1) is 23.9. The molecule has 3 aromatic rings. The Morgan fingerprint density at radius 3 is 2.56 bits per heavy atom. The van der Waals surface area contributed by atoms with Crippen LogP contribution in [0.2, 0.25) is 0 Å². The molecule has 1 heterocycles. The molecule has 3 N–H and O–H groups in total. The van der Waals surface area contributed by atoms with Gasteiger partial charge in [-0.25, -0.2) is 13.9 Å². The fourth-order valence-electron chi connectivity index (χ4n) is 3.20. The molecule has 0 spiro atoms. The molecule has 3 rings (SSSR count). The van der Waals surface area contributed by atoms with Crippen LogP contribution in [0.5, 0.6) is 0 Å². The number of esters is 1. The molecule has 0 unspecified atom stereocenters. The molecular formula is C22H19FN6O5. The van der Waals surface area contributed by atoms with Crippen LogP contribution in [0.25, 0.3) is 5.69 Å². The van der Waals surface area contributed by atoms with Gasteiger partial charge in [-0.05, 0) is 43.2 Å². The summed E-state index contributed by atoms with van der Waals surface area (Å²) in [5.74, 6) is -1.74. The predicted octanol–water partition coefficient (Wildman–Crippen LogP) is 2.52. The Balaban J connectivity index is 1.68. The van der Waals surface area contributed by atoms with Gasteiger partial charge in [0, 0.05) is 24.2 Å². The highest BCUT2D eigenvalue weighted by Crippen LogP contribution is 2.22. The van der Waals surface area contributed by atoms with E-state index in [4.69, 9.17) is 5.73 Å². The number of aryl methyl sites for hydroxylation is 1. The van der Waals surface area contributed by atoms with Gasteiger partial charge in [-0.15, -0.1) is 0 Å². The molecule has 34 heavy (non-hydrogen) atoms. The van der Waals surface area contributed by atoms with Crippen molar-refractivity contribution >= 4 is 23.4 Å². The van der Waals surface area contributed by atoms with Gasteiger partial charge < -0.3 is 15.8 Å². The van der Waals surface area contributed by atoms with Gasteiger partial charge in [0.25, 0.3) is 11.6 Å². The fraction of sp³-hybridized carbons (Fsp3) is 0.182. The third-order valence-electron chi connectivity index (χ3n) is 4.86. The van der Waals surface area contributed by atoms with Crippen LogP contribution in [0.3, 0.4) is 0 Å². The number of aromatic nitrogens is 2. The maximum Gasteiger partial charge on any atom is 0.338 e. The maximum atomic E-state index is 13.2. The van der Waals surface area contributed by atoms with Gasteiger partial charge in [0.05, 0.1) is 29.0 Å². The molecule has 0 saturated carbocycles. The number of nitro groups is 1. The van der Waals surface area contributed by atoms with E-state index in [2.05, 4.69) is 15.2 Å². The zero-order valence-corrected chi connectivity index (χ0v) is 17.9. The number of ether oxygens (including phenoxy) is 1. The molecule has 0 aliphatic rings. The average molecular weight is 466 g/mol. The Hall–Kier alpha value is -4.79. The largest absolute Gasteiger partial charge is 0.465 e. The van der Waals surface area contributed by atoms with E-state index < -0.39 is 28.3 Å². The Labute approximate surface area is 192 Å². The van der Waals surface area contributed by atoms with Crippen LogP contribution in [-0.4, -0.2) is 40.2 Å². The highest BCUT2D eigenvalue weighted by molar-refractivity contribution is 5.98. The molecule has 0 bridgehead atoms. The lowest BCUT2D eigenvalue weighted by atomic mass is 10.1. The van der Waals surface area contributed by atoms with Crippen molar-refractivity contribution in [3.8, 4) is 11.8 Å². The van der Waals surface area contributed by atoms with E-state index in [0.717, 1.165) is 19.2 Å². The summed E-state index contributed by atoms with van der Waals surface area (Å²) in [6.07, 6.45) is 0.670. The molecule has 0 saturated heterocycles. The van der Waals surface area contributed by atoms with Crippen molar-refractivity contribution in [3.63, 3.8) is 0 Å². The number of nitro benzene ring substituents is 1. The van der Waals surface area contributed by atoms with Crippen molar-refractivity contribution in [2.45, 2.75) is 12.8 Å². The molecule has 1 aromatic heterocycles. The summed E-state index contributed by atoms with van der Waals surface area (Å²) in [6.45, 7) is 0.156. The van der Waals surface area contributed by atoms with Gasteiger partial charge in [-0.1, -0.05) is 0 Å². The van der Waals surface area contributed by atoms with Crippen molar-refractivity contribution in [2.24, 2.45) is 0 Å². The minimum absolute atomic E-state index is 0.0721. The summed E-state index contributed by atoms with van der Waals surface area (Å²) in [4.78, 5) is 34.6. The Bertz CT molecular complexity index is 1300. The molecule has 2 aromatic carbocycles. The molecular weight excluding hydrogens is 447 g/mol. The van der Waals surface area contributed by atoms with Gasteiger partial charge in [-0.3, -0.25) is 14.9 Å². The molecule has 0 atom stereocenters. The molecule has 1 amide bonds. The summed E-state index contributed by atoms with van der Waals surface area (Å²) in [5.41, 5.74) is 6.48. The second-order valence-electron chi connectivity index (χ2n) is 7.08. The number of hydrogen-bond acceptors (Lipinski definition) is 8. The van der Waals surface area contributed by atoms with Crippen molar-refractivity contribution in [3.05, 3.63) is 80.8 Å². The Morgan fingerprint density at radius 1 is 1.26 bits per heavy atom. The van der Waals surface area contributed by atoms with Crippen molar-refractivity contribution in [2.75, 3.05) is 19.4 Å². The zero-order valence-electron chi connectivity index (χ0n) is 17.9. The van der Waals surface area contributed by atoms with Crippen LogP contribution in [0.15, 0.2) is 42.5 Å². The molecule has 11 nitrogen and oxygen atoms in total. The number of rotatable bonds is 8.